The van der Waals surface area contributed by atoms with Gasteiger partial charge in [-0.05, 0) is 25.7 Å². The highest BCUT2D eigenvalue weighted by Gasteiger charge is 2.13. The summed E-state index contributed by atoms with van der Waals surface area (Å²) >= 11 is 0. The van der Waals surface area contributed by atoms with E-state index < -0.39 is 0 Å². The highest BCUT2D eigenvalue weighted by atomic mass is 16.1. The quantitative estimate of drug-likeness (QED) is 0.757. The third-order valence-corrected chi connectivity index (χ3v) is 3.03. The van der Waals surface area contributed by atoms with Gasteiger partial charge in [-0.1, -0.05) is 13.3 Å². The molecule has 0 bridgehead atoms. The van der Waals surface area contributed by atoms with Crippen molar-refractivity contribution < 1.29 is 0 Å². The summed E-state index contributed by atoms with van der Waals surface area (Å²) in [6, 6.07) is 0. The number of aryl methyl sites for hydroxylation is 2. The number of hydrogen-bond acceptors (Lipinski definition) is 2. The van der Waals surface area contributed by atoms with Crippen LogP contribution in [0.1, 0.15) is 44.0 Å². The topological polar surface area (TPSA) is 34.9 Å². The Labute approximate surface area is 90.2 Å². The zero-order valence-electron chi connectivity index (χ0n) is 9.33. The molecule has 0 aromatic carbocycles. The summed E-state index contributed by atoms with van der Waals surface area (Å²) in [6.45, 7) is 3.00. The van der Waals surface area contributed by atoms with Gasteiger partial charge in [0.1, 0.15) is 5.82 Å². The third-order valence-electron chi connectivity index (χ3n) is 3.03. The van der Waals surface area contributed by atoms with E-state index in [0.29, 0.717) is 0 Å². The summed E-state index contributed by atoms with van der Waals surface area (Å²) in [5.41, 5.74) is 1.09. The van der Waals surface area contributed by atoms with Crippen LogP contribution in [0.3, 0.4) is 0 Å². The normalized spacial score (nSPS) is 15.0. The number of aromatic nitrogens is 2. The molecule has 0 saturated heterocycles. The Morgan fingerprint density at radius 2 is 2.33 bits per heavy atom. The van der Waals surface area contributed by atoms with E-state index in [1.54, 1.807) is 6.20 Å². The molecule has 0 aliphatic carbocycles. The van der Waals surface area contributed by atoms with Crippen molar-refractivity contribution in [2.75, 3.05) is 0 Å². The highest BCUT2D eigenvalue weighted by molar-refractivity contribution is 5.09. The van der Waals surface area contributed by atoms with Gasteiger partial charge >= 0.3 is 0 Å². The van der Waals surface area contributed by atoms with Crippen molar-refractivity contribution in [3.05, 3.63) is 27.9 Å². The summed E-state index contributed by atoms with van der Waals surface area (Å²) in [6.07, 6.45) is 8.12. The van der Waals surface area contributed by atoms with Crippen LogP contribution in [0.2, 0.25) is 0 Å². The van der Waals surface area contributed by atoms with Gasteiger partial charge < -0.3 is 0 Å². The maximum atomic E-state index is 12.0. The van der Waals surface area contributed by atoms with Gasteiger partial charge in [-0.2, -0.15) is 0 Å². The zero-order valence-corrected chi connectivity index (χ0v) is 9.33. The Kier molecular flexibility index (Phi) is 3.19. The van der Waals surface area contributed by atoms with E-state index in [1.807, 2.05) is 4.57 Å². The minimum atomic E-state index is 0.202. The molecular formula is C12H18N2O. The second-order valence-corrected chi connectivity index (χ2v) is 4.22. The molecule has 1 aromatic rings. The second kappa shape index (κ2) is 4.60. The smallest absolute Gasteiger partial charge is 0.256 e. The van der Waals surface area contributed by atoms with Crippen molar-refractivity contribution in [3.8, 4) is 0 Å². The molecule has 3 nitrogen and oxygen atoms in total. The van der Waals surface area contributed by atoms with Crippen LogP contribution < -0.4 is 5.56 Å². The molecular weight excluding hydrogens is 188 g/mol. The van der Waals surface area contributed by atoms with Crippen molar-refractivity contribution in [1.82, 2.24) is 9.55 Å². The second-order valence-electron chi connectivity index (χ2n) is 4.22. The summed E-state index contributed by atoms with van der Waals surface area (Å²) in [5.74, 6) is 0.978. The molecule has 0 radical (unpaired) electrons. The van der Waals surface area contributed by atoms with Crippen molar-refractivity contribution in [2.45, 2.75) is 52.0 Å². The standard InChI is InChI=1S/C12H18N2O/c1-2-3-6-10-9-13-11-7-4-5-8-14(11)12(10)15/h9H,2-8H2,1H3. The number of fused-ring (bicyclic) bond motifs is 1. The molecule has 0 saturated carbocycles. The van der Waals surface area contributed by atoms with E-state index in [0.717, 1.165) is 50.0 Å². The van der Waals surface area contributed by atoms with Crippen molar-refractivity contribution in [2.24, 2.45) is 0 Å². The van der Waals surface area contributed by atoms with E-state index in [9.17, 15) is 4.79 Å². The van der Waals surface area contributed by atoms with Crippen LogP contribution in [-0.2, 0) is 19.4 Å². The van der Waals surface area contributed by atoms with Gasteiger partial charge in [-0.15, -0.1) is 0 Å². The van der Waals surface area contributed by atoms with Gasteiger partial charge in [0, 0.05) is 24.7 Å². The Morgan fingerprint density at radius 3 is 3.13 bits per heavy atom. The first kappa shape index (κ1) is 10.4. The first-order valence-electron chi connectivity index (χ1n) is 5.90. The SMILES string of the molecule is CCCCc1cnc2n(c1=O)CCCC2. The van der Waals surface area contributed by atoms with Crippen LogP contribution >= 0.6 is 0 Å². The van der Waals surface area contributed by atoms with E-state index in [1.165, 1.54) is 6.42 Å². The first-order valence-corrected chi connectivity index (χ1v) is 5.90. The molecule has 0 amide bonds. The summed E-state index contributed by atoms with van der Waals surface area (Å²) < 4.78 is 1.87. The lowest BCUT2D eigenvalue weighted by Gasteiger charge is -2.17. The molecule has 1 aromatic heterocycles. The van der Waals surface area contributed by atoms with Gasteiger partial charge in [-0.3, -0.25) is 9.36 Å². The van der Waals surface area contributed by atoms with Crippen LogP contribution in [0.15, 0.2) is 11.0 Å². The number of rotatable bonds is 3. The van der Waals surface area contributed by atoms with Gasteiger partial charge in [0.25, 0.3) is 5.56 Å². The van der Waals surface area contributed by atoms with Crippen molar-refractivity contribution in [1.29, 1.82) is 0 Å². The molecule has 0 atom stereocenters. The van der Waals surface area contributed by atoms with Crippen molar-refractivity contribution >= 4 is 0 Å². The monoisotopic (exact) mass is 206 g/mol. The molecule has 1 aliphatic heterocycles. The number of unbranched alkanes of at least 4 members (excludes halogenated alkanes) is 1. The van der Waals surface area contributed by atoms with Crippen LogP contribution in [0.5, 0.6) is 0 Å². The largest absolute Gasteiger partial charge is 0.296 e. The van der Waals surface area contributed by atoms with Crippen LogP contribution in [-0.4, -0.2) is 9.55 Å². The van der Waals surface area contributed by atoms with Gasteiger partial charge in [0.2, 0.25) is 0 Å². The molecule has 0 unspecified atom stereocenters. The van der Waals surface area contributed by atoms with E-state index in [-0.39, 0.29) is 5.56 Å². The Balaban J connectivity index is 2.30. The minimum absolute atomic E-state index is 0.202. The van der Waals surface area contributed by atoms with E-state index in [4.69, 9.17) is 0 Å². The molecule has 3 heteroatoms. The Bertz CT molecular complexity index is 395. The van der Waals surface area contributed by atoms with Crippen LogP contribution in [0.4, 0.5) is 0 Å². The lowest BCUT2D eigenvalue weighted by atomic mass is 10.1. The maximum absolute atomic E-state index is 12.0. The van der Waals surface area contributed by atoms with E-state index >= 15 is 0 Å². The molecule has 0 fully saturated rings. The molecule has 0 spiro atoms. The number of nitrogens with zero attached hydrogens (tertiary/aromatic N) is 2. The molecule has 2 rings (SSSR count). The molecule has 15 heavy (non-hydrogen) atoms. The predicted octanol–water partition coefficient (Wildman–Crippen LogP) is 1.92. The van der Waals surface area contributed by atoms with Gasteiger partial charge in [0.05, 0.1) is 0 Å². The lowest BCUT2D eigenvalue weighted by molar-refractivity contribution is 0.491. The minimum Gasteiger partial charge on any atom is -0.296 e. The first-order chi connectivity index (χ1) is 7.33. The zero-order chi connectivity index (χ0) is 10.7. The predicted molar refractivity (Wildman–Crippen MR) is 60.0 cm³/mol. The highest BCUT2D eigenvalue weighted by Crippen LogP contribution is 2.10. The summed E-state index contributed by atoms with van der Waals surface area (Å²) in [5, 5.41) is 0. The van der Waals surface area contributed by atoms with Crippen molar-refractivity contribution in [3.63, 3.8) is 0 Å². The fraction of sp³-hybridized carbons (Fsp3) is 0.667. The van der Waals surface area contributed by atoms with Crippen LogP contribution in [0, 0.1) is 0 Å². The Hall–Kier alpha value is -1.12. The number of hydrogen-bond donors (Lipinski definition) is 0. The average Bonchev–Trinajstić information content (AvgIpc) is 2.29. The maximum Gasteiger partial charge on any atom is 0.256 e. The average molecular weight is 206 g/mol. The van der Waals surface area contributed by atoms with Gasteiger partial charge in [0.15, 0.2) is 0 Å². The summed E-state index contributed by atoms with van der Waals surface area (Å²) in [4.78, 5) is 16.4. The lowest BCUT2D eigenvalue weighted by Crippen LogP contribution is -2.30. The molecule has 2 heterocycles. The van der Waals surface area contributed by atoms with Crippen LogP contribution in [0.25, 0.3) is 0 Å². The Morgan fingerprint density at radius 1 is 1.47 bits per heavy atom. The van der Waals surface area contributed by atoms with Gasteiger partial charge in [-0.25, -0.2) is 4.98 Å². The third kappa shape index (κ3) is 2.11. The fourth-order valence-corrected chi connectivity index (χ4v) is 2.09. The molecule has 82 valence electrons. The summed E-state index contributed by atoms with van der Waals surface area (Å²) in [7, 11) is 0. The fourth-order valence-electron chi connectivity index (χ4n) is 2.09. The van der Waals surface area contributed by atoms with E-state index in [2.05, 4.69) is 11.9 Å². The molecule has 1 aliphatic rings. The molecule has 0 N–H and O–H groups in total.